The summed E-state index contributed by atoms with van der Waals surface area (Å²) in [7, 11) is 0. The number of aryl methyl sites for hydroxylation is 2. The Bertz CT molecular complexity index is 1170. The van der Waals surface area contributed by atoms with Gasteiger partial charge in [0.15, 0.2) is 0 Å². The molecule has 1 aliphatic heterocycles. The molecule has 170 valence electrons. The maximum Gasteiger partial charge on any atom is 0.261 e. The summed E-state index contributed by atoms with van der Waals surface area (Å²) in [5, 5.41) is 6.02. The zero-order valence-corrected chi connectivity index (χ0v) is 18.5. The fraction of sp³-hybridized carbons (Fsp3) is 0.304. The van der Waals surface area contributed by atoms with E-state index in [0.717, 1.165) is 11.6 Å². The number of fused-ring (bicyclic) bond motifs is 1. The van der Waals surface area contributed by atoms with Gasteiger partial charge in [-0.3, -0.25) is 23.9 Å². The molecule has 0 bridgehead atoms. The topological polar surface area (TPSA) is 122 Å². The minimum atomic E-state index is -0.300. The molecule has 10 heteroatoms. The van der Waals surface area contributed by atoms with E-state index in [4.69, 9.17) is 0 Å². The molecule has 2 N–H and O–H groups in total. The van der Waals surface area contributed by atoms with Crippen LogP contribution in [0.25, 0.3) is 5.82 Å². The normalized spacial score (nSPS) is 12.7. The van der Waals surface area contributed by atoms with E-state index in [2.05, 4.69) is 25.6 Å². The summed E-state index contributed by atoms with van der Waals surface area (Å²) in [6, 6.07) is 8.59. The lowest BCUT2D eigenvalue weighted by Crippen LogP contribution is -2.33. The summed E-state index contributed by atoms with van der Waals surface area (Å²) in [5.74, 6) is 2.09. The molecule has 1 aromatic carbocycles. The first-order chi connectivity index (χ1) is 15.9. The zero-order chi connectivity index (χ0) is 23.4. The Labute approximate surface area is 191 Å². The maximum absolute atomic E-state index is 12.4. The van der Waals surface area contributed by atoms with Crippen LogP contribution in [0.4, 0.5) is 5.82 Å². The molecule has 0 radical (unpaired) electrons. The van der Waals surface area contributed by atoms with Crippen molar-refractivity contribution in [3.05, 3.63) is 65.5 Å². The molecule has 0 spiro atoms. The van der Waals surface area contributed by atoms with Gasteiger partial charge in [0.25, 0.3) is 11.8 Å². The van der Waals surface area contributed by atoms with Crippen LogP contribution in [-0.4, -0.2) is 61.8 Å². The number of hydrogen-bond acceptors (Lipinski definition) is 7. The third-order valence-corrected chi connectivity index (χ3v) is 5.31. The number of carbonyl (C=O) groups excluding carboxylic acids is 3. The number of aromatic nitrogens is 4. The molecule has 3 heterocycles. The van der Waals surface area contributed by atoms with Gasteiger partial charge in [0.1, 0.15) is 23.3 Å². The van der Waals surface area contributed by atoms with Crippen LogP contribution < -0.4 is 10.6 Å². The SMILES string of the molecule is Cc1nc(NCCNC(=O)CCCN2C(=O)c3ccccc3C2=O)cc(-n2ccnc2C)n1. The minimum Gasteiger partial charge on any atom is -0.368 e. The third-order valence-electron chi connectivity index (χ3n) is 5.31. The molecule has 0 aliphatic carbocycles. The van der Waals surface area contributed by atoms with Gasteiger partial charge >= 0.3 is 0 Å². The lowest BCUT2D eigenvalue weighted by atomic mass is 10.1. The van der Waals surface area contributed by atoms with Crippen molar-refractivity contribution in [1.82, 2.24) is 29.7 Å². The summed E-state index contributed by atoms with van der Waals surface area (Å²) >= 11 is 0. The second-order valence-electron chi connectivity index (χ2n) is 7.69. The van der Waals surface area contributed by atoms with Crippen molar-refractivity contribution in [1.29, 1.82) is 0 Å². The summed E-state index contributed by atoms with van der Waals surface area (Å²) in [4.78, 5) is 51.1. The smallest absolute Gasteiger partial charge is 0.261 e. The Morgan fingerprint density at radius 1 is 1.03 bits per heavy atom. The van der Waals surface area contributed by atoms with E-state index in [9.17, 15) is 14.4 Å². The van der Waals surface area contributed by atoms with Crippen molar-refractivity contribution in [2.45, 2.75) is 26.7 Å². The van der Waals surface area contributed by atoms with E-state index < -0.39 is 0 Å². The molecule has 10 nitrogen and oxygen atoms in total. The Morgan fingerprint density at radius 3 is 2.42 bits per heavy atom. The van der Waals surface area contributed by atoms with E-state index in [1.807, 2.05) is 30.7 Å². The fourth-order valence-corrected chi connectivity index (χ4v) is 3.71. The molecule has 3 amide bonds. The van der Waals surface area contributed by atoms with Gasteiger partial charge in [-0.2, -0.15) is 0 Å². The lowest BCUT2D eigenvalue weighted by molar-refractivity contribution is -0.121. The van der Waals surface area contributed by atoms with Crippen molar-refractivity contribution in [2.24, 2.45) is 0 Å². The third kappa shape index (κ3) is 4.89. The summed E-state index contributed by atoms with van der Waals surface area (Å²) in [6.45, 7) is 4.83. The van der Waals surface area contributed by atoms with Gasteiger partial charge in [0, 0.05) is 44.5 Å². The Morgan fingerprint density at radius 2 is 1.76 bits per heavy atom. The predicted octanol–water partition coefficient (Wildman–Crippen LogP) is 1.88. The number of hydrogen-bond donors (Lipinski definition) is 2. The number of imide groups is 1. The number of nitrogens with one attached hydrogen (secondary N) is 2. The Balaban J connectivity index is 1.20. The van der Waals surface area contributed by atoms with E-state index in [1.165, 1.54) is 4.90 Å². The molecule has 4 rings (SSSR count). The van der Waals surface area contributed by atoms with Crippen LogP contribution in [0.3, 0.4) is 0 Å². The predicted molar refractivity (Wildman–Crippen MR) is 121 cm³/mol. The summed E-state index contributed by atoms with van der Waals surface area (Å²) in [6.07, 6.45) is 4.18. The number of carbonyl (C=O) groups is 3. The van der Waals surface area contributed by atoms with Crippen LogP contribution in [0, 0.1) is 13.8 Å². The van der Waals surface area contributed by atoms with E-state index in [1.54, 1.807) is 30.5 Å². The highest BCUT2D eigenvalue weighted by atomic mass is 16.2. The molecule has 33 heavy (non-hydrogen) atoms. The first-order valence-electron chi connectivity index (χ1n) is 10.8. The highest BCUT2D eigenvalue weighted by Crippen LogP contribution is 2.22. The van der Waals surface area contributed by atoms with Crippen molar-refractivity contribution in [2.75, 3.05) is 25.0 Å². The number of benzene rings is 1. The highest BCUT2D eigenvalue weighted by Gasteiger charge is 2.34. The van der Waals surface area contributed by atoms with Crippen LogP contribution in [0.1, 0.15) is 45.2 Å². The van der Waals surface area contributed by atoms with Crippen molar-refractivity contribution < 1.29 is 14.4 Å². The quantitative estimate of drug-likeness (QED) is 0.379. The molecule has 3 aromatic rings. The number of amides is 3. The van der Waals surface area contributed by atoms with Gasteiger partial charge in [-0.15, -0.1) is 0 Å². The summed E-state index contributed by atoms with van der Waals surface area (Å²) in [5.41, 5.74) is 0.841. The molecule has 0 saturated carbocycles. The van der Waals surface area contributed by atoms with Gasteiger partial charge in [-0.1, -0.05) is 12.1 Å². The molecule has 0 atom stereocenters. The summed E-state index contributed by atoms with van der Waals surface area (Å²) < 4.78 is 1.87. The van der Waals surface area contributed by atoms with Gasteiger partial charge in [-0.25, -0.2) is 15.0 Å². The molecule has 2 aromatic heterocycles. The van der Waals surface area contributed by atoms with Crippen LogP contribution in [0.15, 0.2) is 42.7 Å². The molecule has 1 aliphatic rings. The molecule has 0 unspecified atom stereocenters. The maximum atomic E-state index is 12.4. The van der Waals surface area contributed by atoms with Crippen molar-refractivity contribution in [3.63, 3.8) is 0 Å². The van der Waals surface area contributed by atoms with Gasteiger partial charge in [-0.05, 0) is 32.4 Å². The molecule has 0 saturated heterocycles. The van der Waals surface area contributed by atoms with Gasteiger partial charge in [0.05, 0.1) is 11.1 Å². The number of imidazole rings is 1. The van der Waals surface area contributed by atoms with E-state index in [-0.39, 0.29) is 30.7 Å². The lowest BCUT2D eigenvalue weighted by Gasteiger charge is -2.13. The average Bonchev–Trinajstić information content (AvgIpc) is 3.33. The largest absolute Gasteiger partial charge is 0.368 e. The Kier molecular flexibility index (Phi) is 6.43. The number of anilines is 1. The number of rotatable bonds is 9. The van der Waals surface area contributed by atoms with Crippen molar-refractivity contribution >= 4 is 23.5 Å². The van der Waals surface area contributed by atoms with Crippen molar-refractivity contribution in [3.8, 4) is 5.82 Å². The minimum absolute atomic E-state index is 0.137. The Hall–Kier alpha value is -4.08. The second kappa shape index (κ2) is 9.60. The number of nitrogens with zero attached hydrogens (tertiary/aromatic N) is 5. The molecular weight excluding hydrogens is 422 g/mol. The molecule has 0 fully saturated rings. The molecular formula is C23H25N7O3. The van der Waals surface area contributed by atoms with Crippen LogP contribution in [0.2, 0.25) is 0 Å². The fourth-order valence-electron chi connectivity index (χ4n) is 3.71. The van der Waals surface area contributed by atoms with E-state index in [0.29, 0.717) is 42.3 Å². The first kappa shape index (κ1) is 22.1. The highest BCUT2D eigenvalue weighted by molar-refractivity contribution is 6.21. The monoisotopic (exact) mass is 447 g/mol. The average molecular weight is 447 g/mol. The van der Waals surface area contributed by atoms with Crippen LogP contribution >= 0.6 is 0 Å². The van der Waals surface area contributed by atoms with Gasteiger partial charge < -0.3 is 10.6 Å². The van der Waals surface area contributed by atoms with E-state index >= 15 is 0 Å². The van der Waals surface area contributed by atoms with Gasteiger partial charge in [0.2, 0.25) is 5.91 Å². The first-order valence-corrected chi connectivity index (χ1v) is 10.8. The second-order valence-corrected chi connectivity index (χ2v) is 7.69. The zero-order valence-electron chi connectivity index (χ0n) is 18.5. The standard InChI is InChI=1S/C23H25N7O3/c1-15-27-19(14-20(28-15)29-13-11-24-16(29)2)25-9-10-26-21(31)8-5-12-30-22(32)17-6-3-4-7-18(17)23(30)33/h3-4,6-7,11,13-14H,5,8-10,12H2,1-2H3,(H,26,31)(H,25,27,28). The van der Waals surface area contributed by atoms with Crippen LogP contribution in [0.5, 0.6) is 0 Å². The van der Waals surface area contributed by atoms with Crippen LogP contribution in [-0.2, 0) is 4.79 Å².